The van der Waals surface area contributed by atoms with E-state index < -0.39 is 0 Å². The summed E-state index contributed by atoms with van der Waals surface area (Å²) in [6.07, 6.45) is 8.50. The van der Waals surface area contributed by atoms with Gasteiger partial charge in [0.1, 0.15) is 0 Å². The molecule has 4 heteroatoms. The molecule has 13 heavy (non-hydrogen) atoms. The maximum absolute atomic E-state index is 5.65. The van der Waals surface area contributed by atoms with Crippen LogP contribution in [-0.2, 0) is 4.84 Å². The Morgan fingerprint density at radius 2 is 2.23 bits per heavy atom. The molecule has 1 N–H and O–H groups in total. The molecule has 0 unspecified atom stereocenters. The van der Waals surface area contributed by atoms with E-state index in [1.807, 2.05) is 6.20 Å². The predicted octanol–water partition coefficient (Wildman–Crippen LogP) is 2.15. The number of rotatable bonds is 2. The van der Waals surface area contributed by atoms with E-state index in [-0.39, 0.29) is 0 Å². The molecule has 3 nitrogen and oxygen atoms in total. The molecule has 1 heterocycles. The summed E-state index contributed by atoms with van der Waals surface area (Å²) in [6.45, 7) is 0. The van der Waals surface area contributed by atoms with E-state index in [4.69, 9.17) is 16.4 Å². The van der Waals surface area contributed by atoms with Gasteiger partial charge in [0.2, 0.25) is 0 Å². The summed E-state index contributed by atoms with van der Waals surface area (Å²) in [5.41, 5.74) is 2.88. The normalized spacial score (nSPS) is 24.4. The van der Waals surface area contributed by atoms with Crippen molar-refractivity contribution in [2.75, 3.05) is 5.88 Å². The number of nitrogens with one attached hydrogen (secondary N) is 1. The Balaban J connectivity index is 1.90. The quantitative estimate of drug-likeness (QED) is 0.695. The van der Waals surface area contributed by atoms with Crippen LogP contribution < -0.4 is 5.59 Å². The van der Waals surface area contributed by atoms with Crippen LogP contribution in [0.25, 0.3) is 0 Å². The first-order chi connectivity index (χ1) is 6.40. The van der Waals surface area contributed by atoms with Crippen LogP contribution in [0, 0.1) is 0 Å². The van der Waals surface area contributed by atoms with Crippen LogP contribution in [0.2, 0.25) is 0 Å². The molecule has 2 aliphatic rings. The van der Waals surface area contributed by atoms with Gasteiger partial charge >= 0.3 is 0 Å². The summed E-state index contributed by atoms with van der Waals surface area (Å²) in [6, 6.07) is 0.592. The molecule has 0 aromatic heterocycles. The van der Waals surface area contributed by atoms with E-state index >= 15 is 0 Å². The van der Waals surface area contributed by atoms with Crippen LogP contribution in [0.5, 0.6) is 0 Å². The van der Waals surface area contributed by atoms with Crippen molar-refractivity contribution in [1.29, 1.82) is 0 Å². The summed E-state index contributed by atoms with van der Waals surface area (Å²) < 4.78 is 0. The third kappa shape index (κ3) is 2.09. The predicted molar refractivity (Wildman–Crippen MR) is 51.7 cm³/mol. The summed E-state index contributed by atoms with van der Waals surface area (Å²) in [5.74, 6) is 1.25. The Hall–Kier alpha value is -0.410. The molecule has 2 rings (SSSR count). The van der Waals surface area contributed by atoms with Crippen LogP contribution in [-0.4, -0.2) is 16.9 Å². The highest BCUT2D eigenvalue weighted by Gasteiger charge is 2.23. The fourth-order valence-corrected chi connectivity index (χ4v) is 2.04. The lowest BCUT2D eigenvalue weighted by Crippen LogP contribution is -2.38. The fourth-order valence-electron chi connectivity index (χ4n) is 1.92. The molecule has 0 aromatic rings. The summed E-state index contributed by atoms with van der Waals surface area (Å²) in [7, 11) is 0. The molecule has 1 aliphatic heterocycles. The second-order valence-electron chi connectivity index (χ2n) is 3.62. The van der Waals surface area contributed by atoms with Crippen molar-refractivity contribution in [2.24, 2.45) is 0 Å². The van der Waals surface area contributed by atoms with E-state index in [0.717, 1.165) is 5.76 Å². The first-order valence-electron chi connectivity index (χ1n) is 4.87. The number of alkyl halides is 1. The molecule has 0 radical (unpaired) electrons. The first-order valence-corrected chi connectivity index (χ1v) is 5.41. The van der Waals surface area contributed by atoms with E-state index in [0.29, 0.717) is 11.9 Å². The highest BCUT2D eigenvalue weighted by Crippen LogP contribution is 2.24. The van der Waals surface area contributed by atoms with E-state index in [9.17, 15) is 0 Å². The number of nitrogens with zero attached hydrogens (tertiary/aromatic N) is 1. The summed E-state index contributed by atoms with van der Waals surface area (Å²) in [4.78, 5) is 5.17. The van der Waals surface area contributed by atoms with Gasteiger partial charge in [-0.1, -0.05) is 24.9 Å². The average molecular weight is 203 g/mol. The molecule has 0 atom stereocenters. The fraction of sp³-hybridized carbons (Fsp3) is 0.778. The van der Waals surface area contributed by atoms with Gasteiger partial charge in [0, 0.05) is 6.04 Å². The Morgan fingerprint density at radius 1 is 1.46 bits per heavy atom. The molecule has 1 aliphatic carbocycles. The lowest BCUT2D eigenvalue weighted by Gasteiger charge is -2.28. The zero-order chi connectivity index (χ0) is 9.10. The van der Waals surface area contributed by atoms with Crippen molar-refractivity contribution in [2.45, 2.75) is 38.1 Å². The molecular formula is C9H15ClN2O. The van der Waals surface area contributed by atoms with Crippen molar-refractivity contribution >= 4 is 11.6 Å². The summed E-state index contributed by atoms with van der Waals surface area (Å²) >= 11 is 5.65. The monoisotopic (exact) mass is 202 g/mol. The van der Waals surface area contributed by atoms with Crippen LogP contribution in [0.1, 0.15) is 32.1 Å². The molecule has 0 spiro atoms. The third-order valence-electron chi connectivity index (χ3n) is 2.67. The van der Waals surface area contributed by atoms with E-state index in [2.05, 4.69) is 10.6 Å². The first kappa shape index (κ1) is 9.16. The van der Waals surface area contributed by atoms with Crippen molar-refractivity contribution in [3.8, 4) is 0 Å². The lowest BCUT2D eigenvalue weighted by molar-refractivity contribution is -0.00856. The maximum atomic E-state index is 5.65. The molecule has 0 amide bonds. The summed E-state index contributed by atoms with van der Waals surface area (Å²) in [5, 5.41) is 2.05. The smallest absolute Gasteiger partial charge is 0.158 e. The molecule has 1 fully saturated rings. The van der Waals surface area contributed by atoms with Gasteiger partial charge in [-0.05, 0) is 12.8 Å². The van der Waals surface area contributed by atoms with Crippen molar-refractivity contribution in [3.63, 3.8) is 0 Å². The Morgan fingerprint density at radius 3 is 2.85 bits per heavy atom. The average Bonchev–Trinajstić information content (AvgIpc) is 2.67. The largest absolute Gasteiger partial charge is 0.391 e. The minimum atomic E-state index is 0.441. The minimum absolute atomic E-state index is 0.441. The number of hydrogen-bond acceptors (Lipinski definition) is 3. The van der Waals surface area contributed by atoms with Crippen molar-refractivity contribution in [3.05, 3.63) is 12.0 Å². The third-order valence-corrected chi connectivity index (χ3v) is 2.93. The second-order valence-corrected chi connectivity index (χ2v) is 3.89. The minimum Gasteiger partial charge on any atom is -0.391 e. The Bertz CT molecular complexity index is 202. The zero-order valence-electron chi connectivity index (χ0n) is 7.63. The van der Waals surface area contributed by atoms with Gasteiger partial charge < -0.3 is 4.84 Å². The molecule has 0 aromatic carbocycles. The molecule has 0 bridgehead atoms. The van der Waals surface area contributed by atoms with Gasteiger partial charge in [0.25, 0.3) is 0 Å². The number of halogens is 1. The number of hydrazine groups is 1. The van der Waals surface area contributed by atoms with Gasteiger partial charge in [0.05, 0.1) is 12.1 Å². The topological polar surface area (TPSA) is 24.5 Å². The highest BCUT2D eigenvalue weighted by molar-refractivity contribution is 6.19. The molecule has 0 saturated heterocycles. The van der Waals surface area contributed by atoms with E-state index in [1.165, 1.54) is 32.1 Å². The van der Waals surface area contributed by atoms with Gasteiger partial charge in [-0.15, -0.1) is 11.6 Å². The molecule has 1 saturated carbocycles. The van der Waals surface area contributed by atoms with Crippen molar-refractivity contribution in [1.82, 2.24) is 10.6 Å². The van der Waals surface area contributed by atoms with Crippen LogP contribution in [0.4, 0.5) is 0 Å². The Labute approximate surface area is 83.6 Å². The van der Waals surface area contributed by atoms with Crippen LogP contribution in [0.15, 0.2) is 12.0 Å². The van der Waals surface area contributed by atoms with Crippen molar-refractivity contribution < 1.29 is 4.84 Å². The lowest BCUT2D eigenvalue weighted by atomic mass is 9.95. The van der Waals surface area contributed by atoms with Crippen LogP contribution >= 0.6 is 11.6 Å². The molecular weight excluding hydrogens is 188 g/mol. The zero-order valence-corrected chi connectivity index (χ0v) is 8.39. The Kier molecular flexibility index (Phi) is 2.96. The van der Waals surface area contributed by atoms with Gasteiger partial charge in [0.15, 0.2) is 5.76 Å². The van der Waals surface area contributed by atoms with E-state index in [1.54, 1.807) is 0 Å². The second kappa shape index (κ2) is 4.20. The van der Waals surface area contributed by atoms with Gasteiger partial charge in [-0.2, -0.15) is 0 Å². The SMILES string of the molecule is ClCC1=CN(C2CCCCC2)NO1. The van der Waals surface area contributed by atoms with Crippen LogP contribution in [0.3, 0.4) is 0 Å². The number of allylic oxidation sites excluding steroid dienone is 1. The van der Waals surface area contributed by atoms with Gasteiger partial charge in [-0.3, -0.25) is 5.01 Å². The number of hydrogen-bond donors (Lipinski definition) is 1. The highest BCUT2D eigenvalue weighted by atomic mass is 35.5. The van der Waals surface area contributed by atoms with Gasteiger partial charge in [-0.25, -0.2) is 0 Å². The molecule has 74 valence electrons. The maximum Gasteiger partial charge on any atom is 0.158 e. The standard InChI is InChI=1S/C9H15ClN2O/c10-6-9-7-12(11-13-9)8-4-2-1-3-5-8/h7-8,11H,1-6H2.